The van der Waals surface area contributed by atoms with Crippen LogP contribution in [0.1, 0.15) is 65.7 Å². The lowest BCUT2D eigenvalue weighted by Crippen LogP contribution is -2.29. The van der Waals surface area contributed by atoms with E-state index in [1.165, 1.54) is 45.3 Å². The normalized spacial score (nSPS) is 14.5. The van der Waals surface area contributed by atoms with E-state index in [0.717, 1.165) is 12.8 Å². The summed E-state index contributed by atoms with van der Waals surface area (Å²) in [7, 11) is 1.38. The maximum absolute atomic E-state index is 11.0. The van der Waals surface area contributed by atoms with E-state index in [-0.39, 0.29) is 11.6 Å². The molecule has 1 atom stereocenters. The number of methoxy groups -OCH3 is 1. The van der Waals surface area contributed by atoms with Crippen LogP contribution < -0.4 is 0 Å². The lowest BCUT2D eigenvalue weighted by Gasteiger charge is -2.29. The molecule has 19 heavy (non-hydrogen) atoms. The molecule has 0 aromatic heterocycles. The Labute approximate surface area is 118 Å². The third kappa shape index (κ3) is 9.71. The van der Waals surface area contributed by atoms with Crippen LogP contribution in [0, 0.1) is 0 Å². The quantitative estimate of drug-likeness (QED) is 0.320. The van der Waals surface area contributed by atoms with Gasteiger partial charge < -0.3 is 9.47 Å². The molecule has 1 unspecified atom stereocenters. The van der Waals surface area contributed by atoms with Crippen molar-refractivity contribution in [2.24, 2.45) is 0 Å². The van der Waals surface area contributed by atoms with Crippen molar-refractivity contribution in [1.29, 1.82) is 0 Å². The van der Waals surface area contributed by atoms with Gasteiger partial charge in [0.25, 0.3) is 0 Å². The Kier molecular flexibility index (Phi) is 10.6. The molecule has 0 amide bonds. The average Bonchev–Trinajstić information content (AvgIpc) is 2.41. The van der Waals surface area contributed by atoms with Crippen molar-refractivity contribution in [3.8, 4) is 0 Å². The Hall–Kier alpha value is -0.830. The summed E-state index contributed by atoms with van der Waals surface area (Å²) in [5, 5.41) is 0. The summed E-state index contributed by atoms with van der Waals surface area (Å²) in [6.45, 7) is 7.07. The van der Waals surface area contributed by atoms with E-state index in [1.807, 2.05) is 0 Å². The van der Waals surface area contributed by atoms with Gasteiger partial charge in [-0.3, -0.25) is 0 Å². The van der Waals surface area contributed by atoms with Crippen molar-refractivity contribution in [2.75, 3.05) is 13.7 Å². The fourth-order valence-corrected chi connectivity index (χ4v) is 2.03. The van der Waals surface area contributed by atoms with Gasteiger partial charge in [0.05, 0.1) is 19.3 Å². The molecule has 0 aromatic rings. The lowest BCUT2D eigenvalue weighted by molar-refractivity contribution is -0.134. The van der Waals surface area contributed by atoms with Crippen molar-refractivity contribution in [1.82, 2.24) is 0 Å². The molecule has 0 heterocycles. The van der Waals surface area contributed by atoms with Gasteiger partial charge in [0.15, 0.2) is 0 Å². The average molecular weight is 270 g/mol. The Bertz CT molecular complexity index is 261. The van der Waals surface area contributed by atoms with Crippen LogP contribution in [0.3, 0.4) is 0 Å². The molecular weight excluding hydrogens is 240 g/mol. The topological polar surface area (TPSA) is 35.5 Å². The smallest absolute Gasteiger partial charge is 0.330 e. The Morgan fingerprint density at radius 2 is 1.74 bits per heavy atom. The summed E-state index contributed by atoms with van der Waals surface area (Å²) in [5.41, 5.74) is -0.0638. The first-order valence-electron chi connectivity index (χ1n) is 7.46. The van der Waals surface area contributed by atoms with Crippen LogP contribution in [0.25, 0.3) is 0 Å². The first kappa shape index (κ1) is 18.2. The zero-order valence-electron chi connectivity index (χ0n) is 13.0. The molecule has 3 nitrogen and oxygen atoms in total. The van der Waals surface area contributed by atoms with Gasteiger partial charge in [-0.1, -0.05) is 52.0 Å². The fourth-order valence-electron chi connectivity index (χ4n) is 2.03. The van der Waals surface area contributed by atoms with E-state index in [4.69, 9.17) is 4.74 Å². The first-order valence-corrected chi connectivity index (χ1v) is 7.46. The maximum Gasteiger partial charge on any atom is 0.330 e. The zero-order chi connectivity index (χ0) is 14.6. The van der Waals surface area contributed by atoms with E-state index in [0.29, 0.717) is 6.61 Å². The second kappa shape index (κ2) is 11.0. The Morgan fingerprint density at radius 1 is 1.11 bits per heavy atom. The highest BCUT2D eigenvalue weighted by Crippen LogP contribution is 2.25. The predicted molar refractivity (Wildman–Crippen MR) is 79.2 cm³/mol. The van der Waals surface area contributed by atoms with Gasteiger partial charge >= 0.3 is 5.97 Å². The minimum Gasteiger partial charge on any atom is -0.466 e. The number of unbranched alkanes of at least 4 members (excludes halogenated alkanes) is 3. The van der Waals surface area contributed by atoms with E-state index < -0.39 is 0 Å². The van der Waals surface area contributed by atoms with Gasteiger partial charge in [-0.25, -0.2) is 4.79 Å². The minimum absolute atomic E-state index is 0.0638. The number of rotatable bonds is 11. The molecule has 0 N–H and O–H groups in total. The number of hydrogen-bond acceptors (Lipinski definition) is 3. The largest absolute Gasteiger partial charge is 0.466 e. The number of carbonyl (C=O) groups excluding carboxylic acids is 1. The fraction of sp³-hybridized carbons (Fsp3) is 0.812. The third-order valence-corrected chi connectivity index (χ3v) is 3.35. The molecular formula is C16H30O3. The molecule has 0 fully saturated rings. The molecule has 0 saturated carbocycles. The second-order valence-electron chi connectivity index (χ2n) is 5.25. The monoisotopic (exact) mass is 270 g/mol. The van der Waals surface area contributed by atoms with Crippen molar-refractivity contribution >= 4 is 5.97 Å². The van der Waals surface area contributed by atoms with Gasteiger partial charge in [-0.15, -0.1) is 0 Å². The van der Waals surface area contributed by atoms with Gasteiger partial charge in [0.1, 0.15) is 0 Å². The van der Waals surface area contributed by atoms with Crippen molar-refractivity contribution in [3.63, 3.8) is 0 Å². The first-order chi connectivity index (χ1) is 9.08. The summed E-state index contributed by atoms with van der Waals surface area (Å²) in [6.07, 6.45) is 11.4. The molecule has 0 saturated heterocycles. The van der Waals surface area contributed by atoms with E-state index >= 15 is 0 Å². The van der Waals surface area contributed by atoms with Crippen LogP contribution in [0.5, 0.6) is 0 Å². The predicted octanol–water partition coefficient (Wildman–Crippen LogP) is 4.26. The molecule has 112 valence electrons. The molecule has 0 aliphatic carbocycles. The highest BCUT2D eigenvalue weighted by molar-refractivity contribution is 5.81. The summed E-state index contributed by atoms with van der Waals surface area (Å²) >= 11 is 0. The van der Waals surface area contributed by atoms with Crippen LogP contribution in [0.2, 0.25) is 0 Å². The van der Waals surface area contributed by atoms with Gasteiger partial charge in [0.2, 0.25) is 0 Å². The van der Waals surface area contributed by atoms with Gasteiger partial charge in [0, 0.05) is 6.08 Å². The molecule has 0 bridgehead atoms. The van der Waals surface area contributed by atoms with Gasteiger partial charge in [-0.05, 0) is 19.8 Å². The SMILES string of the molecule is CCCCCC(C)(CCCC)OC/C=C/C(=O)OC. The van der Waals surface area contributed by atoms with E-state index in [1.54, 1.807) is 6.08 Å². The standard InChI is InChI=1S/C16H30O3/c1-5-7-9-13-16(3,12-8-6-2)19-14-10-11-15(17)18-4/h10-11H,5-9,12-14H2,1-4H3/b11-10+. The summed E-state index contributed by atoms with van der Waals surface area (Å²) < 4.78 is 10.5. The summed E-state index contributed by atoms with van der Waals surface area (Å²) in [5.74, 6) is -0.329. The number of carbonyl (C=O) groups is 1. The Balaban J connectivity index is 4.16. The summed E-state index contributed by atoms with van der Waals surface area (Å²) in [6, 6.07) is 0. The lowest BCUT2D eigenvalue weighted by atomic mass is 9.92. The molecule has 0 aromatic carbocycles. The molecule has 3 heteroatoms. The Morgan fingerprint density at radius 3 is 2.32 bits per heavy atom. The highest BCUT2D eigenvalue weighted by atomic mass is 16.5. The van der Waals surface area contributed by atoms with Crippen LogP contribution in [0.4, 0.5) is 0 Å². The van der Waals surface area contributed by atoms with Crippen LogP contribution in [0.15, 0.2) is 12.2 Å². The van der Waals surface area contributed by atoms with Gasteiger partial charge in [-0.2, -0.15) is 0 Å². The van der Waals surface area contributed by atoms with Crippen molar-refractivity contribution in [3.05, 3.63) is 12.2 Å². The van der Waals surface area contributed by atoms with Crippen molar-refractivity contribution in [2.45, 2.75) is 71.3 Å². The third-order valence-electron chi connectivity index (χ3n) is 3.35. The highest BCUT2D eigenvalue weighted by Gasteiger charge is 2.23. The van der Waals surface area contributed by atoms with Crippen LogP contribution in [-0.2, 0) is 14.3 Å². The number of ether oxygens (including phenoxy) is 2. The molecule has 0 spiro atoms. The van der Waals surface area contributed by atoms with E-state index in [2.05, 4.69) is 25.5 Å². The number of hydrogen-bond donors (Lipinski definition) is 0. The van der Waals surface area contributed by atoms with Crippen LogP contribution >= 0.6 is 0 Å². The summed E-state index contributed by atoms with van der Waals surface area (Å²) in [4.78, 5) is 11.0. The van der Waals surface area contributed by atoms with Crippen LogP contribution in [-0.4, -0.2) is 25.3 Å². The molecule has 0 rings (SSSR count). The van der Waals surface area contributed by atoms with Crippen molar-refractivity contribution < 1.29 is 14.3 Å². The number of esters is 1. The zero-order valence-corrected chi connectivity index (χ0v) is 13.0. The van der Waals surface area contributed by atoms with E-state index in [9.17, 15) is 4.79 Å². The second-order valence-corrected chi connectivity index (χ2v) is 5.25. The molecule has 0 radical (unpaired) electrons. The molecule has 0 aliphatic rings. The molecule has 0 aliphatic heterocycles. The maximum atomic E-state index is 11.0. The minimum atomic E-state index is -0.329.